The third kappa shape index (κ3) is 4.26. The Hall–Kier alpha value is -2.98. The van der Waals surface area contributed by atoms with Crippen LogP contribution in [-0.4, -0.2) is 22.2 Å². The maximum atomic E-state index is 12.7. The van der Waals surface area contributed by atoms with E-state index in [1.807, 2.05) is 24.4 Å². The van der Waals surface area contributed by atoms with E-state index in [-0.39, 0.29) is 12.5 Å². The summed E-state index contributed by atoms with van der Waals surface area (Å²) in [5.41, 5.74) is 1.41. The summed E-state index contributed by atoms with van der Waals surface area (Å²) in [4.78, 5) is 30.7. The van der Waals surface area contributed by atoms with Crippen molar-refractivity contribution < 1.29 is 22.8 Å². The largest absolute Gasteiger partial charge is 0.443 e. The normalized spacial score (nSPS) is 15.6. The van der Waals surface area contributed by atoms with Crippen molar-refractivity contribution in [3.63, 3.8) is 0 Å². The van der Waals surface area contributed by atoms with E-state index in [9.17, 15) is 22.8 Å². The van der Waals surface area contributed by atoms with Gasteiger partial charge in [-0.1, -0.05) is 17.5 Å². The quantitative estimate of drug-likeness (QED) is 0.527. The molecule has 0 fully saturated rings. The SMILES string of the molecule is C/C=S1/c2ccc(C(=O)NCc3cnc(C(F)(F)F)s3)cc2NC(=O)c2ccccc21. The highest BCUT2D eigenvalue weighted by Gasteiger charge is 2.34. The number of aromatic nitrogens is 1. The van der Waals surface area contributed by atoms with Crippen LogP contribution < -0.4 is 10.6 Å². The first-order valence-electron chi connectivity index (χ1n) is 9.15. The number of rotatable bonds is 3. The zero-order valence-corrected chi connectivity index (χ0v) is 17.8. The van der Waals surface area contributed by atoms with Crippen LogP contribution in [-0.2, 0) is 12.7 Å². The molecular weight excluding hydrogens is 447 g/mol. The van der Waals surface area contributed by atoms with E-state index in [4.69, 9.17) is 0 Å². The lowest BCUT2D eigenvalue weighted by molar-refractivity contribution is -0.137. The third-order valence-corrected chi connectivity index (χ3v) is 7.72. The lowest BCUT2D eigenvalue weighted by atomic mass is 10.1. The molecule has 3 aromatic rings. The summed E-state index contributed by atoms with van der Waals surface area (Å²) >= 11 is 0.488. The number of thiazole rings is 1. The molecule has 0 aliphatic carbocycles. The number of hydrogen-bond acceptors (Lipinski definition) is 4. The number of carbonyl (C=O) groups excluding carboxylic acids is 2. The fourth-order valence-electron chi connectivity index (χ4n) is 3.16. The van der Waals surface area contributed by atoms with Crippen LogP contribution in [0.2, 0.25) is 0 Å². The van der Waals surface area contributed by atoms with Gasteiger partial charge < -0.3 is 10.6 Å². The van der Waals surface area contributed by atoms with Crippen molar-refractivity contribution in [3.05, 3.63) is 69.7 Å². The first-order chi connectivity index (χ1) is 14.8. The van der Waals surface area contributed by atoms with Gasteiger partial charge in [-0.25, -0.2) is 4.98 Å². The number of nitrogens with one attached hydrogen (secondary N) is 2. The lowest BCUT2D eigenvalue weighted by Crippen LogP contribution is -2.22. The predicted octanol–water partition coefficient (Wildman–Crippen LogP) is 5.17. The van der Waals surface area contributed by atoms with E-state index < -0.39 is 27.6 Å². The minimum absolute atomic E-state index is 0.0748. The molecule has 2 N–H and O–H groups in total. The predicted molar refractivity (Wildman–Crippen MR) is 115 cm³/mol. The summed E-state index contributed by atoms with van der Waals surface area (Å²) in [7, 11) is -0.453. The van der Waals surface area contributed by atoms with Gasteiger partial charge in [0.1, 0.15) is 0 Å². The molecule has 1 atom stereocenters. The number of anilines is 1. The van der Waals surface area contributed by atoms with Gasteiger partial charge in [0.25, 0.3) is 11.8 Å². The molecule has 2 aromatic carbocycles. The van der Waals surface area contributed by atoms with Crippen molar-refractivity contribution in [2.45, 2.75) is 29.4 Å². The molecule has 0 saturated carbocycles. The maximum Gasteiger partial charge on any atom is 0.443 e. The summed E-state index contributed by atoms with van der Waals surface area (Å²) in [6.45, 7) is 1.85. The standard InChI is InChI=1S/C21H16F3N3O2S2/c1-2-31-16-6-4-3-5-14(16)19(29)27-15-9-12(7-8-17(15)31)18(28)25-10-13-11-26-20(30-13)21(22,23)24/h2-9,11H,10H2,1H3,(H,25,28)(H,27,29). The lowest BCUT2D eigenvalue weighted by Gasteiger charge is -2.13. The second-order valence-corrected chi connectivity index (χ2v) is 9.69. The zero-order chi connectivity index (χ0) is 22.2. The summed E-state index contributed by atoms with van der Waals surface area (Å²) < 4.78 is 38.0. The van der Waals surface area contributed by atoms with Crippen LogP contribution in [0.4, 0.5) is 18.9 Å². The number of halogens is 3. The van der Waals surface area contributed by atoms with Crippen molar-refractivity contribution in [1.82, 2.24) is 10.3 Å². The van der Waals surface area contributed by atoms with Crippen molar-refractivity contribution >= 4 is 44.7 Å². The van der Waals surface area contributed by atoms with E-state index in [2.05, 4.69) is 15.6 Å². The molecule has 31 heavy (non-hydrogen) atoms. The molecular formula is C21H16F3N3O2S2. The fraction of sp³-hybridized carbons (Fsp3) is 0.143. The molecule has 0 radical (unpaired) electrons. The Morgan fingerprint density at radius 1 is 1.23 bits per heavy atom. The summed E-state index contributed by atoms with van der Waals surface area (Å²) in [6.07, 6.45) is -3.40. The number of hydrogen-bond donors (Lipinski definition) is 2. The van der Waals surface area contributed by atoms with Crippen LogP contribution in [0.1, 0.15) is 37.5 Å². The van der Waals surface area contributed by atoms with Gasteiger partial charge >= 0.3 is 6.18 Å². The zero-order valence-electron chi connectivity index (χ0n) is 16.1. The Morgan fingerprint density at radius 3 is 2.71 bits per heavy atom. The summed E-state index contributed by atoms with van der Waals surface area (Å²) in [6, 6.07) is 12.4. The summed E-state index contributed by atoms with van der Waals surface area (Å²) in [5, 5.41) is 6.53. The number of alkyl halides is 3. The van der Waals surface area contributed by atoms with Crippen LogP contribution in [0.25, 0.3) is 0 Å². The van der Waals surface area contributed by atoms with Gasteiger partial charge in [-0.05, 0) is 37.3 Å². The number of amides is 2. The number of nitrogens with zero attached hydrogens (tertiary/aromatic N) is 1. The van der Waals surface area contributed by atoms with Gasteiger partial charge in [-0.3, -0.25) is 9.59 Å². The molecule has 0 spiro atoms. The Morgan fingerprint density at radius 2 is 2.00 bits per heavy atom. The van der Waals surface area contributed by atoms with Gasteiger partial charge in [-0.2, -0.15) is 13.2 Å². The third-order valence-electron chi connectivity index (χ3n) is 4.55. The highest BCUT2D eigenvalue weighted by atomic mass is 32.2. The molecule has 5 nitrogen and oxygen atoms in total. The average molecular weight is 464 g/mol. The van der Waals surface area contributed by atoms with Crippen LogP contribution >= 0.6 is 21.8 Å². The van der Waals surface area contributed by atoms with Crippen molar-refractivity contribution in [2.24, 2.45) is 0 Å². The number of benzene rings is 2. The van der Waals surface area contributed by atoms with Crippen LogP contribution in [0.15, 0.2) is 58.5 Å². The highest BCUT2D eigenvalue weighted by molar-refractivity contribution is 8.15. The van der Waals surface area contributed by atoms with E-state index in [1.165, 1.54) is 0 Å². The fourth-order valence-corrected chi connectivity index (χ4v) is 5.81. The Balaban J connectivity index is 1.57. The first-order valence-corrected chi connectivity index (χ1v) is 11.3. The van der Waals surface area contributed by atoms with Crippen molar-refractivity contribution in [1.29, 1.82) is 0 Å². The summed E-state index contributed by atoms with van der Waals surface area (Å²) in [5.74, 6) is -0.711. The Kier molecular flexibility index (Phi) is 5.67. The monoisotopic (exact) mass is 463 g/mol. The van der Waals surface area contributed by atoms with Gasteiger partial charge in [-0.15, -0.1) is 21.8 Å². The molecule has 0 saturated heterocycles. The molecule has 160 valence electrons. The van der Waals surface area contributed by atoms with Gasteiger partial charge in [0.05, 0.1) is 17.8 Å². The molecule has 1 unspecified atom stereocenters. The van der Waals surface area contributed by atoms with Gasteiger partial charge in [0.15, 0.2) is 5.01 Å². The Bertz CT molecular complexity index is 1220. The van der Waals surface area contributed by atoms with E-state index in [0.717, 1.165) is 16.0 Å². The number of fused-ring (bicyclic) bond motifs is 2. The number of carbonyl (C=O) groups is 2. The van der Waals surface area contributed by atoms with Crippen LogP contribution in [0.3, 0.4) is 0 Å². The van der Waals surface area contributed by atoms with Crippen molar-refractivity contribution in [2.75, 3.05) is 5.32 Å². The molecule has 10 heteroatoms. The topological polar surface area (TPSA) is 71.1 Å². The van der Waals surface area contributed by atoms with Crippen LogP contribution in [0.5, 0.6) is 0 Å². The highest BCUT2D eigenvalue weighted by Crippen LogP contribution is 2.44. The second-order valence-electron chi connectivity index (χ2n) is 6.55. The molecule has 1 aliphatic rings. The van der Waals surface area contributed by atoms with Crippen LogP contribution in [0, 0.1) is 0 Å². The molecule has 4 rings (SSSR count). The Labute approximate surface area is 182 Å². The minimum atomic E-state index is -4.51. The van der Waals surface area contributed by atoms with Gasteiger partial charge in [0.2, 0.25) is 0 Å². The molecule has 0 bridgehead atoms. The minimum Gasteiger partial charge on any atom is -0.347 e. The average Bonchev–Trinajstić information content (AvgIpc) is 3.19. The molecule has 2 amide bonds. The first kappa shape index (κ1) is 21.3. The second kappa shape index (κ2) is 8.27. The van der Waals surface area contributed by atoms with Gasteiger partial charge in [0, 0.05) is 26.4 Å². The van der Waals surface area contributed by atoms with E-state index >= 15 is 0 Å². The molecule has 1 aromatic heterocycles. The molecule has 1 aliphatic heterocycles. The molecule has 2 heterocycles. The maximum absolute atomic E-state index is 12.7. The smallest absolute Gasteiger partial charge is 0.347 e. The van der Waals surface area contributed by atoms with E-state index in [0.29, 0.717) is 33.0 Å². The van der Waals surface area contributed by atoms with E-state index in [1.54, 1.807) is 30.3 Å². The van der Waals surface area contributed by atoms with Crippen molar-refractivity contribution in [3.8, 4) is 0 Å².